The van der Waals surface area contributed by atoms with Crippen molar-refractivity contribution in [2.45, 2.75) is 11.8 Å². The largest absolute Gasteiger partial charge is 0.276 e. The fourth-order valence-corrected chi connectivity index (χ4v) is 3.45. The summed E-state index contributed by atoms with van der Waals surface area (Å²) in [5.74, 6) is 0. The minimum Gasteiger partial charge on any atom is -0.200 e. The number of hydrogen-bond donors (Lipinski definition) is 1. The predicted molar refractivity (Wildman–Crippen MR) is 108 cm³/mol. The minimum absolute atomic E-state index is 0.176. The molecule has 0 saturated heterocycles. The summed E-state index contributed by atoms with van der Waals surface area (Å²) in [6.07, 6.45) is 0. The average molecular weight is 429 g/mol. The second-order valence-corrected chi connectivity index (χ2v) is 8.32. The van der Waals surface area contributed by atoms with E-state index >= 15 is 0 Å². The van der Waals surface area contributed by atoms with Crippen LogP contribution in [0, 0.1) is 6.92 Å². The third-order valence-electron chi connectivity index (χ3n) is 3.77. The predicted octanol–water partition coefficient (Wildman–Crippen LogP) is 4.49. The summed E-state index contributed by atoms with van der Waals surface area (Å²) in [4.78, 5) is 2.53. The van der Waals surface area contributed by atoms with Gasteiger partial charge in [-0.1, -0.05) is 76.1 Å². The van der Waals surface area contributed by atoms with E-state index in [1.54, 1.807) is 24.3 Å². The molecule has 1 N–H and O–H groups in total. The van der Waals surface area contributed by atoms with Gasteiger partial charge >= 0.3 is 0 Å². The SMILES string of the molecule is Cc1ccc(S(=O)(=O)N/N=C(\c2ccccc2)c2ccc(Br)cc2)cc1. The van der Waals surface area contributed by atoms with Crippen molar-refractivity contribution in [1.29, 1.82) is 0 Å². The lowest BCUT2D eigenvalue weighted by atomic mass is 10.0. The van der Waals surface area contributed by atoms with Crippen LogP contribution in [0.5, 0.6) is 0 Å². The van der Waals surface area contributed by atoms with Gasteiger partial charge in [0.2, 0.25) is 0 Å². The summed E-state index contributed by atoms with van der Waals surface area (Å²) in [6, 6.07) is 23.6. The van der Waals surface area contributed by atoms with Crippen LogP contribution in [-0.4, -0.2) is 14.1 Å². The number of hydrogen-bond acceptors (Lipinski definition) is 3. The van der Waals surface area contributed by atoms with E-state index in [2.05, 4.69) is 25.9 Å². The van der Waals surface area contributed by atoms with Gasteiger partial charge in [-0.05, 0) is 31.2 Å². The highest BCUT2D eigenvalue weighted by molar-refractivity contribution is 9.10. The van der Waals surface area contributed by atoms with Crippen LogP contribution in [0.15, 0.2) is 93.3 Å². The average Bonchev–Trinajstić information content (AvgIpc) is 2.64. The third-order valence-corrected chi connectivity index (χ3v) is 5.53. The van der Waals surface area contributed by atoms with E-state index in [0.29, 0.717) is 5.71 Å². The number of halogens is 1. The van der Waals surface area contributed by atoms with Crippen LogP contribution in [0.4, 0.5) is 0 Å². The highest BCUT2D eigenvalue weighted by atomic mass is 79.9. The molecule has 26 heavy (non-hydrogen) atoms. The first-order valence-electron chi connectivity index (χ1n) is 7.93. The lowest BCUT2D eigenvalue weighted by Crippen LogP contribution is -2.21. The highest BCUT2D eigenvalue weighted by Gasteiger charge is 2.14. The summed E-state index contributed by atoms with van der Waals surface area (Å²) in [6.45, 7) is 1.91. The fraction of sp³-hybridized carbons (Fsp3) is 0.0500. The van der Waals surface area contributed by atoms with Crippen molar-refractivity contribution in [1.82, 2.24) is 4.83 Å². The fourth-order valence-electron chi connectivity index (χ4n) is 2.38. The molecule has 0 radical (unpaired) electrons. The zero-order valence-electron chi connectivity index (χ0n) is 14.1. The van der Waals surface area contributed by atoms with Crippen LogP contribution >= 0.6 is 15.9 Å². The van der Waals surface area contributed by atoms with Crippen LogP contribution in [0.2, 0.25) is 0 Å². The molecule has 0 aliphatic carbocycles. The van der Waals surface area contributed by atoms with E-state index in [4.69, 9.17) is 0 Å². The first-order valence-corrected chi connectivity index (χ1v) is 10.2. The van der Waals surface area contributed by atoms with Gasteiger partial charge in [0.25, 0.3) is 10.0 Å². The third kappa shape index (κ3) is 4.39. The Balaban J connectivity index is 1.99. The second kappa shape index (κ2) is 7.85. The quantitative estimate of drug-likeness (QED) is 0.480. The molecule has 0 unspecified atom stereocenters. The number of nitrogens with one attached hydrogen (secondary N) is 1. The molecule has 0 spiro atoms. The number of aryl methyl sites for hydroxylation is 1. The van der Waals surface area contributed by atoms with Crippen LogP contribution in [-0.2, 0) is 10.0 Å². The van der Waals surface area contributed by atoms with Gasteiger partial charge in [0.15, 0.2) is 0 Å². The van der Waals surface area contributed by atoms with Gasteiger partial charge in [-0.15, -0.1) is 0 Å². The Kier molecular flexibility index (Phi) is 5.54. The summed E-state index contributed by atoms with van der Waals surface area (Å²) in [5.41, 5.74) is 3.17. The Morgan fingerprint density at radius 3 is 2.04 bits per heavy atom. The summed E-state index contributed by atoms with van der Waals surface area (Å²) < 4.78 is 26.0. The van der Waals surface area contributed by atoms with Crippen molar-refractivity contribution in [3.8, 4) is 0 Å². The molecule has 0 bridgehead atoms. The number of rotatable bonds is 5. The molecule has 0 fully saturated rings. The summed E-state index contributed by atoms with van der Waals surface area (Å²) in [7, 11) is -3.74. The molecule has 0 aromatic heterocycles. The van der Waals surface area contributed by atoms with Gasteiger partial charge in [-0.25, -0.2) is 0 Å². The Bertz CT molecular complexity index is 1010. The first-order chi connectivity index (χ1) is 12.5. The van der Waals surface area contributed by atoms with E-state index in [0.717, 1.165) is 21.2 Å². The maximum atomic E-state index is 12.5. The van der Waals surface area contributed by atoms with Gasteiger partial charge in [-0.2, -0.15) is 18.4 Å². The van der Waals surface area contributed by atoms with Gasteiger partial charge in [0.05, 0.1) is 10.6 Å². The zero-order valence-corrected chi connectivity index (χ0v) is 16.5. The topological polar surface area (TPSA) is 58.5 Å². The molecule has 132 valence electrons. The molecule has 0 atom stereocenters. The van der Waals surface area contributed by atoms with Gasteiger partial charge < -0.3 is 0 Å². The van der Waals surface area contributed by atoms with Crippen LogP contribution in [0.1, 0.15) is 16.7 Å². The lowest BCUT2D eigenvalue weighted by molar-refractivity contribution is 0.584. The Labute approximate surface area is 161 Å². The van der Waals surface area contributed by atoms with Crippen LogP contribution in [0.3, 0.4) is 0 Å². The molecule has 3 aromatic rings. The Hall–Kier alpha value is -2.44. The van der Waals surface area contributed by atoms with Gasteiger partial charge in [-0.3, -0.25) is 0 Å². The van der Waals surface area contributed by atoms with Crippen molar-refractivity contribution < 1.29 is 8.42 Å². The molecule has 0 aliphatic rings. The molecular weight excluding hydrogens is 412 g/mol. The van der Waals surface area contributed by atoms with Crippen molar-refractivity contribution >= 4 is 31.7 Å². The molecule has 3 aromatic carbocycles. The number of nitrogens with zero attached hydrogens (tertiary/aromatic N) is 1. The van der Waals surface area contributed by atoms with Crippen molar-refractivity contribution in [3.05, 3.63) is 100 Å². The zero-order chi connectivity index (χ0) is 18.6. The molecular formula is C20H17BrN2O2S. The minimum atomic E-state index is -3.74. The smallest absolute Gasteiger partial charge is 0.200 e. The van der Waals surface area contributed by atoms with Gasteiger partial charge in [0.1, 0.15) is 0 Å². The van der Waals surface area contributed by atoms with Crippen LogP contribution < -0.4 is 4.83 Å². The van der Waals surface area contributed by atoms with E-state index in [-0.39, 0.29) is 4.90 Å². The molecule has 3 rings (SSSR count). The van der Waals surface area contributed by atoms with E-state index < -0.39 is 10.0 Å². The molecule has 4 nitrogen and oxygen atoms in total. The second-order valence-electron chi connectivity index (χ2n) is 5.74. The molecule has 0 saturated carbocycles. The lowest BCUT2D eigenvalue weighted by Gasteiger charge is -2.09. The molecule has 0 heterocycles. The Morgan fingerprint density at radius 2 is 1.42 bits per heavy atom. The normalized spacial score (nSPS) is 12.0. The van der Waals surface area contributed by atoms with E-state index in [9.17, 15) is 8.42 Å². The van der Waals surface area contributed by atoms with Crippen molar-refractivity contribution in [3.63, 3.8) is 0 Å². The van der Waals surface area contributed by atoms with Crippen LogP contribution in [0.25, 0.3) is 0 Å². The number of hydrazone groups is 1. The maximum Gasteiger partial charge on any atom is 0.276 e. The number of sulfonamides is 1. The monoisotopic (exact) mass is 428 g/mol. The van der Waals surface area contributed by atoms with Gasteiger partial charge in [0, 0.05) is 15.6 Å². The Morgan fingerprint density at radius 1 is 0.846 bits per heavy atom. The van der Waals surface area contributed by atoms with Crippen molar-refractivity contribution in [2.75, 3.05) is 0 Å². The maximum absolute atomic E-state index is 12.5. The first kappa shape index (κ1) is 18.4. The summed E-state index contributed by atoms with van der Waals surface area (Å²) >= 11 is 3.41. The molecule has 0 amide bonds. The number of benzene rings is 3. The summed E-state index contributed by atoms with van der Waals surface area (Å²) in [5, 5.41) is 4.23. The van der Waals surface area contributed by atoms with E-state index in [1.807, 2.05) is 61.5 Å². The standard InChI is InChI=1S/C20H17BrN2O2S/c1-15-7-13-19(14-8-15)26(24,25)23-22-20(16-5-3-2-4-6-16)17-9-11-18(21)12-10-17/h2-14,23H,1H3/b22-20+. The molecule has 0 aliphatic heterocycles. The molecule has 6 heteroatoms. The highest BCUT2D eigenvalue weighted by Crippen LogP contribution is 2.16. The van der Waals surface area contributed by atoms with E-state index in [1.165, 1.54) is 0 Å². The van der Waals surface area contributed by atoms with Crippen molar-refractivity contribution in [2.24, 2.45) is 5.10 Å².